The molecule has 2 aromatic carbocycles. The maximum Gasteiger partial charge on any atom is 0.253 e. The number of alkyl halides is 1. The number of benzene rings is 2. The molecule has 0 spiro atoms. The Morgan fingerprint density at radius 1 is 1.23 bits per heavy atom. The highest BCUT2D eigenvalue weighted by molar-refractivity contribution is 7.99. The third kappa shape index (κ3) is 6.55. The van der Waals surface area contributed by atoms with Gasteiger partial charge in [-0.05, 0) is 42.5 Å². The van der Waals surface area contributed by atoms with Gasteiger partial charge in [0.2, 0.25) is 5.91 Å². The number of nitrogens with two attached hydrogens (primary N) is 1. The van der Waals surface area contributed by atoms with E-state index in [0.29, 0.717) is 21.8 Å². The molecule has 0 saturated heterocycles. The van der Waals surface area contributed by atoms with Gasteiger partial charge in [0.25, 0.3) is 5.91 Å². The predicted octanol–water partition coefficient (Wildman–Crippen LogP) is 1.70. The first-order valence-corrected chi connectivity index (χ1v) is 9.97. The zero-order valence-corrected chi connectivity index (χ0v) is 16.9. The van der Waals surface area contributed by atoms with Gasteiger partial charge in [0.1, 0.15) is 17.9 Å². The minimum Gasteiger partial charge on any atom is -0.395 e. The second kappa shape index (κ2) is 11.3. The molecule has 6 N–H and O–H groups in total. The fraction of sp³-hybridized carbons (Fsp3) is 0.250. The molecular formula is C20H23FN4O4S. The second-order valence-corrected chi connectivity index (χ2v) is 7.20. The molecule has 2 amide bonds. The van der Waals surface area contributed by atoms with Gasteiger partial charge in [0.15, 0.2) is 0 Å². The van der Waals surface area contributed by atoms with E-state index < -0.39 is 30.3 Å². The van der Waals surface area contributed by atoms with Crippen molar-refractivity contribution in [2.45, 2.75) is 17.4 Å². The molecular weight excluding hydrogens is 411 g/mol. The number of amides is 2. The summed E-state index contributed by atoms with van der Waals surface area (Å²) in [5.41, 5.74) is 6.66. The average molecular weight is 434 g/mol. The smallest absolute Gasteiger partial charge is 0.253 e. The van der Waals surface area contributed by atoms with E-state index in [1.807, 2.05) is 0 Å². The molecule has 2 aromatic rings. The van der Waals surface area contributed by atoms with Crippen molar-refractivity contribution in [2.24, 2.45) is 5.73 Å². The van der Waals surface area contributed by atoms with Crippen LogP contribution in [0.1, 0.15) is 12.0 Å². The van der Waals surface area contributed by atoms with Gasteiger partial charge < -0.3 is 26.2 Å². The number of anilines is 2. The lowest BCUT2D eigenvalue weighted by atomic mass is 10.1. The predicted molar refractivity (Wildman–Crippen MR) is 114 cm³/mol. The molecule has 0 saturated carbocycles. The number of nitrogen functional groups attached to an aromatic ring is 1. The maximum atomic E-state index is 12.6. The fourth-order valence-corrected chi connectivity index (χ4v) is 3.13. The topological polar surface area (TPSA) is 140 Å². The Balaban J connectivity index is 2.04. The lowest BCUT2D eigenvalue weighted by molar-refractivity contribution is -0.129. The Kier molecular flexibility index (Phi) is 8.78. The third-order valence-corrected chi connectivity index (χ3v) is 4.81. The van der Waals surface area contributed by atoms with Gasteiger partial charge in [-0.3, -0.25) is 15.0 Å². The summed E-state index contributed by atoms with van der Waals surface area (Å²) in [6.45, 7) is -0.361. The lowest BCUT2D eigenvalue weighted by Gasteiger charge is -2.23. The largest absolute Gasteiger partial charge is 0.395 e. The number of thioether (sulfide) groups is 1. The third-order valence-electron chi connectivity index (χ3n) is 4.11. The van der Waals surface area contributed by atoms with Crippen molar-refractivity contribution in [3.63, 3.8) is 0 Å². The lowest BCUT2D eigenvalue weighted by Crippen LogP contribution is -2.39. The van der Waals surface area contributed by atoms with Crippen LogP contribution in [0.25, 0.3) is 0 Å². The van der Waals surface area contributed by atoms with E-state index in [2.05, 4.69) is 5.32 Å². The van der Waals surface area contributed by atoms with E-state index in [4.69, 9.17) is 11.1 Å². The van der Waals surface area contributed by atoms with E-state index in [1.54, 1.807) is 36.4 Å². The number of rotatable bonds is 10. The molecule has 0 heterocycles. The molecule has 1 atom stereocenters. The fourth-order valence-electron chi connectivity index (χ4n) is 2.63. The van der Waals surface area contributed by atoms with Crippen LogP contribution >= 0.6 is 11.8 Å². The number of carbonyl (C=O) groups is 2. The van der Waals surface area contributed by atoms with Crippen molar-refractivity contribution in [2.75, 3.05) is 29.4 Å². The van der Waals surface area contributed by atoms with Crippen LogP contribution in [0.5, 0.6) is 0 Å². The van der Waals surface area contributed by atoms with Crippen LogP contribution in [-0.2, 0) is 9.59 Å². The maximum absolute atomic E-state index is 12.6. The van der Waals surface area contributed by atoms with Gasteiger partial charge in [0, 0.05) is 28.4 Å². The molecule has 0 aliphatic carbocycles. The first-order chi connectivity index (χ1) is 14.3. The summed E-state index contributed by atoms with van der Waals surface area (Å²) in [4.78, 5) is 26.7. The number of aliphatic hydroxyl groups excluding tert-OH is 2. The molecule has 0 aliphatic rings. The molecule has 2 rings (SSSR count). The number of aliphatic hydroxyl groups is 2. The number of carbonyl (C=O) groups excluding carboxylic acids is 2. The highest BCUT2D eigenvalue weighted by Gasteiger charge is 2.24. The first-order valence-electron chi connectivity index (χ1n) is 8.99. The monoisotopic (exact) mass is 434 g/mol. The first kappa shape index (κ1) is 23.3. The van der Waals surface area contributed by atoms with Crippen LogP contribution in [0.4, 0.5) is 15.8 Å². The summed E-state index contributed by atoms with van der Waals surface area (Å²) in [5.74, 6) is -1.46. The molecule has 160 valence electrons. The zero-order valence-electron chi connectivity index (χ0n) is 16.0. The quantitative estimate of drug-likeness (QED) is 0.219. The standard InChI is InChI=1S/C20H23FN4O4S/c21-12-30-16-3-1-2-15(10-16)25(8-9-26)18(28)11-17(27)20(29)24-14-6-4-13(5-7-14)19(22)23/h1-7,10,17,26-27H,8-9,11-12H2,(H3,22,23)(H,24,29). The van der Waals surface area contributed by atoms with Crippen molar-refractivity contribution in [3.8, 4) is 0 Å². The van der Waals surface area contributed by atoms with Crippen molar-refractivity contribution in [3.05, 3.63) is 54.1 Å². The Labute approximate surface area is 177 Å². The summed E-state index contributed by atoms with van der Waals surface area (Å²) in [7, 11) is 0. The number of nitrogens with one attached hydrogen (secondary N) is 2. The summed E-state index contributed by atoms with van der Waals surface area (Å²) in [6, 6.07) is 12.1. The van der Waals surface area contributed by atoms with Crippen molar-refractivity contribution >= 4 is 40.8 Å². The van der Waals surface area contributed by atoms with Crippen LogP contribution in [0, 0.1) is 5.41 Å². The highest BCUT2D eigenvalue weighted by atomic mass is 32.2. The van der Waals surface area contributed by atoms with E-state index in [-0.39, 0.29) is 19.0 Å². The molecule has 0 bridgehead atoms. The Hall–Kier alpha value is -2.95. The summed E-state index contributed by atoms with van der Waals surface area (Å²) < 4.78 is 12.6. The Morgan fingerprint density at radius 2 is 1.93 bits per heavy atom. The molecule has 0 aromatic heterocycles. The molecule has 0 fully saturated rings. The normalized spacial score (nSPS) is 11.6. The SMILES string of the molecule is N=C(N)c1ccc(NC(=O)C(O)CC(=O)N(CCO)c2cccc(SCF)c2)cc1. The minimum absolute atomic E-state index is 0.0383. The van der Waals surface area contributed by atoms with Gasteiger partial charge in [-0.25, -0.2) is 4.39 Å². The van der Waals surface area contributed by atoms with E-state index in [0.717, 1.165) is 11.8 Å². The zero-order chi connectivity index (χ0) is 22.1. The van der Waals surface area contributed by atoms with Gasteiger partial charge in [-0.15, -0.1) is 0 Å². The summed E-state index contributed by atoms with van der Waals surface area (Å²) >= 11 is 0.958. The highest BCUT2D eigenvalue weighted by Crippen LogP contribution is 2.25. The van der Waals surface area contributed by atoms with E-state index in [1.165, 1.54) is 17.0 Å². The number of halogens is 1. The van der Waals surface area contributed by atoms with Crippen LogP contribution < -0.4 is 16.0 Å². The van der Waals surface area contributed by atoms with Crippen LogP contribution in [0.3, 0.4) is 0 Å². The average Bonchev–Trinajstić information content (AvgIpc) is 2.72. The van der Waals surface area contributed by atoms with E-state index in [9.17, 15) is 24.2 Å². The van der Waals surface area contributed by atoms with Gasteiger partial charge in [-0.1, -0.05) is 17.8 Å². The van der Waals surface area contributed by atoms with E-state index >= 15 is 0 Å². The van der Waals surface area contributed by atoms with Gasteiger partial charge >= 0.3 is 0 Å². The van der Waals surface area contributed by atoms with Gasteiger partial charge in [-0.2, -0.15) is 0 Å². The molecule has 0 radical (unpaired) electrons. The molecule has 10 heteroatoms. The molecule has 0 aliphatic heterocycles. The molecule has 30 heavy (non-hydrogen) atoms. The molecule has 8 nitrogen and oxygen atoms in total. The second-order valence-electron chi connectivity index (χ2n) is 6.22. The number of amidine groups is 1. The number of hydrogen-bond acceptors (Lipinski definition) is 6. The number of hydrogen-bond donors (Lipinski definition) is 5. The number of nitrogens with zero attached hydrogens (tertiary/aromatic N) is 1. The Bertz CT molecular complexity index is 895. The summed E-state index contributed by atoms with van der Waals surface area (Å²) in [5, 5.41) is 29.3. The minimum atomic E-state index is -1.62. The van der Waals surface area contributed by atoms with Crippen LogP contribution in [-0.4, -0.2) is 53.1 Å². The van der Waals surface area contributed by atoms with Crippen LogP contribution in [0.15, 0.2) is 53.4 Å². The van der Waals surface area contributed by atoms with Crippen LogP contribution in [0.2, 0.25) is 0 Å². The Morgan fingerprint density at radius 3 is 2.53 bits per heavy atom. The van der Waals surface area contributed by atoms with Crippen molar-refractivity contribution < 1.29 is 24.2 Å². The van der Waals surface area contributed by atoms with Crippen molar-refractivity contribution in [1.29, 1.82) is 5.41 Å². The van der Waals surface area contributed by atoms with Gasteiger partial charge in [0.05, 0.1) is 13.0 Å². The van der Waals surface area contributed by atoms with Crippen molar-refractivity contribution in [1.82, 2.24) is 0 Å². The molecule has 1 unspecified atom stereocenters. The summed E-state index contributed by atoms with van der Waals surface area (Å²) in [6.07, 6.45) is -2.12.